The van der Waals surface area contributed by atoms with Gasteiger partial charge < -0.3 is 14.9 Å². The van der Waals surface area contributed by atoms with E-state index in [0.29, 0.717) is 26.2 Å². The second kappa shape index (κ2) is 8.09. The first-order valence-electron chi connectivity index (χ1n) is 7.51. The predicted molar refractivity (Wildman–Crippen MR) is 77.8 cm³/mol. The summed E-state index contributed by atoms with van der Waals surface area (Å²) < 4.78 is 0. The fourth-order valence-electron chi connectivity index (χ4n) is 2.39. The topological polar surface area (TPSA) is 64.1 Å². The van der Waals surface area contributed by atoms with E-state index in [9.17, 15) is 9.59 Å². The molecule has 0 aliphatic carbocycles. The third kappa shape index (κ3) is 4.37. The van der Waals surface area contributed by atoms with Gasteiger partial charge in [-0.1, -0.05) is 13.3 Å². The second-order valence-corrected chi connectivity index (χ2v) is 5.25. The molecule has 1 N–H and O–H groups in total. The Hall–Kier alpha value is -1.30. The molecule has 0 bridgehead atoms. The monoisotopic (exact) mass is 285 g/mol. The minimum atomic E-state index is -0.803. The highest BCUT2D eigenvalue weighted by Crippen LogP contribution is 2.09. The maximum absolute atomic E-state index is 12.4. The van der Waals surface area contributed by atoms with Crippen LogP contribution in [0.3, 0.4) is 0 Å². The average molecular weight is 285 g/mol. The molecule has 6 heteroatoms. The van der Waals surface area contributed by atoms with Gasteiger partial charge in [0, 0.05) is 39.3 Å². The van der Waals surface area contributed by atoms with Crippen molar-refractivity contribution >= 4 is 12.0 Å². The van der Waals surface area contributed by atoms with Gasteiger partial charge in [-0.2, -0.15) is 0 Å². The Morgan fingerprint density at radius 2 is 1.80 bits per heavy atom. The highest BCUT2D eigenvalue weighted by atomic mass is 16.4. The van der Waals surface area contributed by atoms with E-state index in [-0.39, 0.29) is 6.03 Å². The van der Waals surface area contributed by atoms with E-state index >= 15 is 0 Å². The number of rotatable bonds is 6. The summed E-state index contributed by atoms with van der Waals surface area (Å²) in [6.07, 6.45) is 2.10. The Bertz CT molecular complexity index is 328. The van der Waals surface area contributed by atoms with Crippen LogP contribution in [0.1, 0.15) is 33.6 Å². The highest BCUT2D eigenvalue weighted by Gasteiger charge is 2.28. The van der Waals surface area contributed by atoms with E-state index in [1.54, 1.807) is 6.92 Å². The molecule has 1 atom stereocenters. The van der Waals surface area contributed by atoms with Gasteiger partial charge in [-0.3, -0.25) is 9.69 Å². The number of aliphatic carboxylic acids is 1. The smallest absolute Gasteiger partial charge is 0.320 e. The Labute approximate surface area is 121 Å². The van der Waals surface area contributed by atoms with E-state index in [1.807, 2.05) is 21.6 Å². The molecule has 1 rings (SSSR count). The summed E-state index contributed by atoms with van der Waals surface area (Å²) in [6.45, 7) is 9.81. The van der Waals surface area contributed by atoms with Gasteiger partial charge in [-0.25, -0.2) is 4.79 Å². The Morgan fingerprint density at radius 3 is 2.25 bits per heavy atom. The number of unbranched alkanes of at least 4 members (excludes halogenated alkanes) is 1. The molecule has 1 fully saturated rings. The van der Waals surface area contributed by atoms with Gasteiger partial charge in [-0.15, -0.1) is 0 Å². The number of carboxylic acid groups (broad SMARTS) is 1. The molecule has 0 radical (unpaired) electrons. The van der Waals surface area contributed by atoms with Crippen LogP contribution >= 0.6 is 0 Å². The Balaban J connectivity index is 2.47. The quantitative estimate of drug-likeness (QED) is 0.799. The van der Waals surface area contributed by atoms with Crippen LogP contribution in [0.15, 0.2) is 0 Å². The zero-order chi connectivity index (χ0) is 15.1. The van der Waals surface area contributed by atoms with Gasteiger partial charge in [-0.05, 0) is 20.3 Å². The minimum absolute atomic E-state index is 0.0866. The summed E-state index contributed by atoms with van der Waals surface area (Å²) in [4.78, 5) is 28.9. The van der Waals surface area contributed by atoms with Crippen LogP contribution in [0.4, 0.5) is 4.79 Å². The number of piperazine rings is 1. The highest BCUT2D eigenvalue weighted by molar-refractivity contribution is 5.75. The first kappa shape index (κ1) is 16.8. The molecule has 1 saturated heterocycles. The molecule has 1 aliphatic heterocycles. The summed E-state index contributed by atoms with van der Waals surface area (Å²) >= 11 is 0. The summed E-state index contributed by atoms with van der Waals surface area (Å²) in [7, 11) is 0. The molecule has 0 saturated carbocycles. The zero-order valence-electron chi connectivity index (χ0n) is 12.8. The van der Waals surface area contributed by atoms with E-state index in [1.165, 1.54) is 0 Å². The third-order valence-corrected chi connectivity index (χ3v) is 3.92. The maximum atomic E-state index is 12.4. The molecule has 1 heterocycles. The fraction of sp³-hybridized carbons (Fsp3) is 0.857. The van der Waals surface area contributed by atoms with Gasteiger partial charge in [0.2, 0.25) is 0 Å². The number of hydrogen-bond donors (Lipinski definition) is 1. The summed E-state index contributed by atoms with van der Waals surface area (Å²) in [6, 6.07) is -0.391. The maximum Gasteiger partial charge on any atom is 0.320 e. The lowest BCUT2D eigenvalue weighted by Gasteiger charge is -2.38. The lowest BCUT2D eigenvalue weighted by Crippen LogP contribution is -2.55. The van der Waals surface area contributed by atoms with Crippen molar-refractivity contribution in [3.05, 3.63) is 0 Å². The molecule has 0 aromatic carbocycles. The largest absolute Gasteiger partial charge is 0.480 e. The standard InChI is InChI=1S/C14H27N3O3/c1-4-6-7-15(5-2)14(20)17-10-8-16(9-11-17)12(3)13(18)19/h12H,4-11H2,1-3H3,(H,18,19). The number of nitrogens with zero attached hydrogens (tertiary/aromatic N) is 3. The van der Waals surface area contributed by atoms with Crippen molar-refractivity contribution in [1.82, 2.24) is 14.7 Å². The van der Waals surface area contributed by atoms with Crippen LogP contribution in [-0.2, 0) is 4.79 Å². The molecule has 1 aliphatic rings. The van der Waals surface area contributed by atoms with Gasteiger partial charge in [0.15, 0.2) is 0 Å². The number of carbonyl (C=O) groups is 2. The molecular weight excluding hydrogens is 258 g/mol. The number of urea groups is 1. The normalized spacial score (nSPS) is 17.9. The number of amides is 2. The number of hydrogen-bond acceptors (Lipinski definition) is 3. The van der Waals surface area contributed by atoms with Gasteiger partial charge >= 0.3 is 12.0 Å². The van der Waals surface area contributed by atoms with Crippen molar-refractivity contribution in [2.75, 3.05) is 39.3 Å². The summed E-state index contributed by atoms with van der Waals surface area (Å²) in [5.41, 5.74) is 0. The van der Waals surface area contributed by atoms with Crippen molar-refractivity contribution in [2.24, 2.45) is 0 Å². The van der Waals surface area contributed by atoms with Gasteiger partial charge in [0.05, 0.1) is 0 Å². The molecular formula is C14H27N3O3. The van der Waals surface area contributed by atoms with Crippen LogP contribution in [-0.4, -0.2) is 77.1 Å². The van der Waals surface area contributed by atoms with Gasteiger partial charge in [0.25, 0.3) is 0 Å². The molecule has 1 unspecified atom stereocenters. The number of carbonyl (C=O) groups excluding carboxylic acids is 1. The molecule has 6 nitrogen and oxygen atoms in total. The van der Waals surface area contributed by atoms with E-state index in [4.69, 9.17) is 5.11 Å². The predicted octanol–water partition coefficient (Wildman–Crippen LogP) is 1.32. The lowest BCUT2D eigenvalue weighted by molar-refractivity contribution is -0.143. The van der Waals surface area contributed by atoms with Crippen LogP contribution < -0.4 is 0 Å². The third-order valence-electron chi connectivity index (χ3n) is 3.92. The van der Waals surface area contributed by atoms with Crippen LogP contribution in [0.25, 0.3) is 0 Å². The first-order valence-corrected chi connectivity index (χ1v) is 7.51. The fourth-order valence-corrected chi connectivity index (χ4v) is 2.39. The van der Waals surface area contributed by atoms with Crippen molar-refractivity contribution in [1.29, 1.82) is 0 Å². The molecule has 0 aromatic heterocycles. The van der Waals surface area contributed by atoms with Crippen molar-refractivity contribution in [2.45, 2.75) is 39.7 Å². The zero-order valence-corrected chi connectivity index (χ0v) is 12.8. The molecule has 20 heavy (non-hydrogen) atoms. The molecule has 0 aromatic rings. The average Bonchev–Trinajstić information content (AvgIpc) is 2.47. The Morgan fingerprint density at radius 1 is 1.20 bits per heavy atom. The van der Waals surface area contributed by atoms with Crippen molar-refractivity contribution in [3.63, 3.8) is 0 Å². The minimum Gasteiger partial charge on any atom is -0.480 e. The van der Waals surface area contributed by atoms with E-state index in [0.717, 1.165) is 25.9 Å². The van der Waals surface area contributed by atoms with Crippen LogP contribution in [0.2, 0.25) is 0 Å². The van der Waals surface area contributed by atoms with Crippen LogP contribution in [0, 0.1) is 0 Å². The van der Waals surface area contributed by atoms with E-state index in [2.05, 4.69) is 6.92 Å². The summed E-state index contributed by atoms with van der Waals surface area (Å²) in [5, 5.41) is 9.00. The molecule has 2 amide bonds. The number of carboxylic acids is 1. The lowest BCUT2D eigenvalue weighted by atomic mass is 10.2. The second-order valence-electron chi connectivity index (χ2n) is 5.25. The summed E-state index contributed by atoms with van der Waals surface area (Å²) in [5.74, 6) is -0.803. The molecule has 116 valence electrons. The SMILES string of the molecule is CCCCN(CC)C(=O)N1CCN(C(C)C(=O)O)CC1. The molecule has 0 spiro atoms. The van der Waals surface area contributed by atoms with Crippen molar-refractivity contribution in [3.8, 4) is 0 Å². The van der Waals surface area contributed by atoms with Gasteiger partial charge in [0.1, 0.15) is 6.04 Å². The first-order chi connectivity index (χ1) is 9.51. The van der Waals surface area contributed by atoms with Crippen LogP contribution in [0.5, 0.6) is 0 Å². The van der Waals surface area contributed by atoms with Crippen molar-refractivity contribution < 1.29 is 14.7 Å². The van der Waals surface area contributed by atoms with E-state index < -0.39 is 12.0 Å². The Kier molecular flexibility index (Phi) is 6.78.